The smallest absolute Gasteiger partial charge is 0.244 e. The Morgan fingerprint density at radius 2 is 1.52 bits per heavy atom. The number of amides is 2. The average molecular weight is 690 g/mol. The van der Waals surface area contributed by atoms with Gasteiger partial charge in [-0.05, 0) is 49.2 Å². The minimum absolute atomic E-state index is 0.000522. The quantitative estimate of drug-likeness (QED) is 0.238. The van der Waals surface area contributed by atoms with Crippen LogP contribution in [0.1, 0.15) is 25.0 Å². The van der Waals surface area contributed by atoms with E-state index >= 15 is 0 Å². The van der Waals surface area contributed by atoms with Crippen LogP contribution in [0.15, 0.2) is 71.2 Å². The lowest BCUT2D eigenvalue weighted by Gasteiger charge is -2.34. The number of carbonyl (C=O) groups excluding carboxylic acids is 2. The Balaban J connectivity index is 2.10. The minimum atomic E-state index is -4.01. The third kappa shape index (κ3) is 8.85. The summed E-state index contributed by atoms with van der Waals surface area (Å²) in [5, 5.41) is 3.12. The van der Waals surface area contributed by atoms with E-state index in [-0.39, 0.29) is 45.7 Å². The van der Waals surface area contributed by atoms with Crippen LogP contribution in [-0.2, 0) is 32.6 Å². The fourth-order valence-corrected chi connectivity index (χ4v) is 6.06. The number of carbonyl (C=O) groups is 2. The first-order valence-corrected chi connectivity index (χ1v) is 16.0. The molecule has 0 aliphatic carbocycles. The lowest BCUT2D eigenvalue weighted by atomic mass is 10.0. The molecule has 0 aromatic heterocycles. The first-order chi connectivity index (χ1) is 18.8. The maximum atomic E-state index is 14.1. The topological polar surface area (TPSA) is 86.8 Å². The van der Waals surface area contributed by atoms with Gasteiger partial charge in [0.2, 0.25) is 21.8 Å². The number of hydrogen-bond donors (Lipinski definition) is 1. The summed E-state index contributed by atoms with van der Waals surface area (Å²) >= 11 is 22.0. The van der Waals surface area contributed by atoms with Crippen molar-refractivity contribution in [1.82, 2.24) is 10.2 Å². The van der Waals surface area contributed by atoms with Crippen LogP contribution >= 0.6 is 50.7 Å². The molecular weight excluding hydrogens is 661 g/mol. The van der Waals surface area contributed by atoms with Crippen LogP contribution in [0.5, 0.6) is 0 Å². The molecule has 0 fully saturated rings. The van der Waals surface area contributed by atoms with Crippen molar-refractivity contribution in [2.24, 2.45) is 0 Å². The van der Waals surface area contributed by atoms with E-state index in [0.717, 1.165) is 26.2 Å². The molecule has 1 N–H and O–H groups in total. The van der Waals surface area contributed by atoms with Crippen molar-refractivity contribution in [3.05, 3.63) is 97.4 Å². The number of benzene rings is 3. The molecule has 1 atom stereocenters. The summed E-state index contributed by atoms with van der Waals surface area (Å²) in [4.78, 5) is 29.0. The van der Waals surface area contributed by atoms with Gasteiger partial charge < -0.3 is 10.2 Å². The van der Waals surface area contributed by atoms with Crippen molar-refractivity contribution >= 4 is 78.3 Å². The van der Waals surface area contributed by atoms with E-state index in [9.17, 15) is 18.0 Å². The molecule has 0 radical (unpaired) electrons. The highest BCUT2D eigenvalue weighted by Crippen LogP contribution is 2.35. The third-order valence-corrected chi connectivity index (χ3v) is 8.53. The summed E-state index contributed by atoms with van der Waals surface area (Å²) in [6, 6.07) is 18.1. The molecule has 3 rings (SSSR count). The Hall–Kier alpha value is -2.30. The van der Waals surface area contributed by atoms with E-state index in [4.69, 9.17) is 34.8 Å². The largest absolute Gasteiger partial charge is 0.352 e. The zero-order valence-corrected chi connectivity index (χ0v) is 26.7. The predicted octanol–water partition coefficient (Wildman–Crippen LogP) is 6.34. The highest BCUT2D eigenvalue weighted by Gasteiger charge is 2.34. The lowest BCUT2D eigenvalue weighted by molar-refractivity contribution is -0.140. The van der Waals surface area contributed by atoms with Gasteiger partial charge in [0, 0.05) is 23.5 Å². The van der Waals surface area contributed by atoms with Crippen molar-refractivity contribution < 1.29 is 18.0 Å². The maximum Gasteiger partial charge on any atom is 0.244 e. The van der Waals surface area contributed by atoms with Gasteiger partial charge in [0.05, 0.1) is 27.0 Å². The highest BCUT2D eigenvalue weighted by atomic mass is 79.9. The van der Waals surface area contributed by atoms with E-state index in [1.807, 2.05) is 68.4 Å². The molecule has 0 aliphatic heterocycles. The Labute approximate surface area is 258 Å². The fraction of sp³-hybridized carbons (Fsp3) is 0.286. The molecule has 0 unspecified atom stereocenters. The molecule has 0 heterocycles. The van der Waals surface area contributed by atoms with E-state index < -0.39 is 28.5 Å². The second-order valence-electron chi connectivity index (χ2n) is 9.51. The van der Waals surface area contributed by atoms with Crippen molar-refractivity contribution in [2.45, 2.75) is 38.9 Å². The molecule has 2 amide bonds. The van der Waals surface area contributed by atoms with Crippen molar-refractivity contribution in [3.8, 4) is 0 Å². The van der Waals surface area contributed by atoms with Crippen molar-refractivity contribution in [3.63, 3.8) is 0 Å². The number of sulfonamides is 1. The van der Waals surface area contributed by atoms with Crippen LogP contribution in [0.4, 0.5) is 5.69 Å². The monoisotopic (exact) mass is 687 g/mol. The van der Waals surface area contributed by atoms with Gasteiger partial charge in [-0.2, -0.15) is 0 Å². The molecule has 3 aromatic rings. The minimum Gasteiger partial charge on any atom is -0.352 e. The molecule has 0 saturated carbocycles. The second kappa shape index (κ2) is 14.0. The number of hydrogen-bond acceptors (Lipinski definition) is 4. The molecule has 0 saturated heterocycles. The van der Waals surface area contributed by atoms with E-state index in [0.29, 0.717) is 0 Å². The van der Waals surface area contributed by atoms with Crippen LogP contribution in [-0.4, -0.2) is 50.0 Å². The third-order valence-electron chi connectivity index (χ3n) is 5.88. The molecule has 214 valence electrons. The first kappa shape index (κ1) is 32.2. The van der Waals surface area contributed by atoms with E-state index in [2.05, 4.69) is 21.2 Å². The zero-order valence-electron chi connectivity index (χ0n) is 22.1. The molecule has 7 nitrogen and oxygen atoms in total. The summed E-state index contributed by atoms with van der Waals surface area (Å²) in [5.41, 5.74) is 1.59. The average Bonchev–Trinajstić information content (AvgIpc) is 2.86. The van der Waals surface area contributed by atoms with E-state index in [1.165, 1.54) is 17.0 Å². The molecule has 40 heavy (non-hydrogen) atoms. The number of nitrogens with one attached hydrogen (secondary N) is 1. The van der Waals surface area contributed by atoms with Crippen LogP contribution in [0.2, 0.25) is 15.1 Å². The molecule has 3 aromatic carbocycles. The number of anilines is 1. The zero-order chi connectivity index (χ0) is 29.6. The lowest BCUT2D eigenvalue weighted by Crippen LogP contribution is -2.54. The summed E-state index contributed by atoms with van der Waals surface area (Å²) in [6.45, 7) is 3.09. The summed E-state index contributed by atoms with van der Waals surface area (Å²) in [5.74, 6) is -0.965. The van der Waals surface area contributed by atoms with Gasteiger partial charge in [0.15, 0.2) is 0 Å². The number of nitrogens with zero attached hydrogens (tertiary/aromatic N) is 2. The standard InChI is InChI=1S/C28H29BrCl3N3O4S/c1-18(2)33-28(37)26(13-19-8-5-4-6-9-19)34(16-20-10-7-11-21(29)12-20)27(36)17-35(40(3,38)39)25-15-23(31)22(30)14-24(25)32/h4-12,14-15,18,26H,13,16-17H2,1-3H3,(H,33,37)/t26-/m1/s1. The van der Waals surface area contributed by atoms with Gasteiger partial charge in [-0.1, -0.05) is 93.2 Å². The Morgan fingerprint density at radius 3 is 2.12 bits per heavy atom. The molecule has 0 spiro atoms. The van der Waals surface area contributed by atoms with Crippen LogP contribution in [0, 0.1) is 0 Å². The van der Waals surface area contributed by atoms with Gasteiger partial charge in [-0.25, -0.2) is 8.42 Å². The van der Waals surface area contributed by atoms with Crippen molar-refractivity contribution in [1.29, 1.82) is 0 Å². The van der Waals surface area contributed by atoms with Crippen LogP contribution in [0.25, 0.3) is 0 Å². The normalized spacial score (nSPS) is 12.2. The van der Waals surface area contributed by atoms with Crippen molar-refractivity contribution in [2.75, 3.05) is 17.1 Å². The van der Waals surface area contributed by atoms with Gasteiger partial charge in [0.1, 0.15) is 12.6 Å². The van der Waals surface area contributed by atoms with Gasteiger partial charge in [-0.15, -0.1) is 0 Å². The van der Waals surface area contributed by atoms with Crippen LogP contribution in [0.3, 0.4) is 0 Å². The predicted molar refractivity (Wildman–Crippen MR) is 166 cm³/mol. The molecule has 12 heteroatoms. The Kier molecular flexibility index (Phi) is 11.3. The number of rotatable bonds is 11. The summed E-state index contributed by atoms with van der Waals surface area (Å²) < 4.78 is 27.5. The number of halogens is 4. The van der Waals surface area contributed by atoms with Gasteiger partial charge in [0.25, 0.3) is 0 Å². The summed E-state index contributed by atoms with van der Waals surface area (Å²) in [6.07, 6.45) is 1.18. The second-order valence-corrected chi connectivity index (χ2v) is 13.6. The van der Waals surface area contributed by atoms with Gasteiger partial charge >= 0.3 is 0 Å². The van der Waals surface area contributed by atoms with Crippen LogP contribution < -0.4 is 9.62 Å². The molecule has 0 bridgehead atoms. The van der Waals surface area contributed by atoms with E-state index in [1.54, 1.807) is 0 Å². The maximum absolute atomic E-state index is 14.1. The first-order valence-electron chi connectivity index (χ1n) is 12.3. The fourth-order valence-electron chi connectivity index (χ4n) is 4.06. The SMILES string of the molecule is CC(C)NC(=O)[C@@H](Cc1ccccc1)N(Cc1cccc(Br)c1)C(=O)CN(c1cc(Cl)c(Cl)cc1Cl)S(C)(=O)=O. The van der Waals surface area contributed by atoms with Gasteiger partial charge in [-0.3, -0.25) is 13.9 Å². The molecular formula is C28H29BrCl3N3O4S. The Morgan fingerprint density at radius 1 is 0.900 bits per heavy atom. The molecule has 0 aliphatic rings. The Bertz CT molecular complexity index is 1470. The summed E-state index contributed by atoms with van der Waals surface area (Å²) in [7, 11) is -4.01. The highest BCUT2D eigenvalue weighted by molar-refractivity contribution is 9.10.